The fourth-order valence-corrected chi connectivity index (χ4v) is 2.15. The van der Waals surface area contributed by atoms with Crippen LogP contribution in [0.2, 0.25) is 0 Å². The van der Waals surface area contributed by atoms with Gasteiger partial charge in [-0.25, -0.2) is 4.79 Å². The molecule has 0 spiro atoms. The molecule has 1 heterocycles. The quantitative estimate of drug-likeness (QED) is 0.715. The molecule has 0 aliphatic carbocycles. The first-order valence-electron chi connectivity index (χ1n) is 8.08. The Morgan fingerprint density at radius 1 is 1.08 bits per heavy atom. The highest BCUT2D eigenvalue weighted by atomic mass is 16.5. The van der Waals surface area contributed by atoms with Crippen LogP contribution in [0.3, 0.4) is 0 Å². The number of rotatable bonds is 9. The van der Waals surface area contributed by atoms with Crippen LogP contribution in [0.1, 0.15) is 31.5 Å². The highest BCUT2D eigenvalue weighted by Gasteiger charge is 2.07. The van der Waals surface area contributed by atoms with Gasteiger partial charge in [0.2, 0.25) is 0 Å². The second-order valence-corrected chi connectivity index (χ2v) is 6.06. The minimum Gasteiger partial charge on any atom is -0.371 e. The highest BCUT2D eigenvalue weighted by molar-refractivity contribution is 5.13. The molecule has 6 heteroatoms. The zero-order chi connectivity index (χ0) is 17.4. The van der Waals surface area contributed by atoms with Gasteiger partial charge in [0.15, 0.2) is 0 Å². The van der Waals surface area contributed by atoms with Crippen LogP contribution in [0.4, 0.5) is 0 Å². The summed E-state index contributed by atoms with van der Waals surface area (Å²) in [6, 6.07) is 11.1. The van der Waals surface area contributed by atoms with E-state index >= 15 is 0 Å². The number of aromatic amines is 1. The first-order valence-corrected chi connectivity index (χ1v) is 8.08. The lowest BCUT2D eigenvalue weighted by atomic mass is 10.1. The molecule has 6 nitrogen and oxygen atoms in total. The molecule has 130 valence electrons. The van der Waals surface area contributed by atoms with Gasteiger partial charge in [-0.1, -0.05) is 44.2 Å². The highest BCUT2D eigenvalue weighted by Crippen LogP contribution is 2.05. The molecule has 0 saturated heterocycles. The summed E-state index contributed by atoms with van der Waals surface area (Å²) in [6.45, 7) is 5.47. The SMILES string of the molecule is CC(C)CCOCn1c(COCc2ccccc2)cc(=O)[nH]c1=O. The van der Waals surface area contributed by atoms with Crippen molar-refractivity contribution in [2.24, 2.45) is 5.92 Å². The van der Waals surface area contributed by atoms with Gasteiger partial charge in [-0.15, -0.1) is 0 Å². The predicted octanol–water partition coefficient (Wildman–Crippen LogP) is 2.27. The Labute approximate surface area is 141 Å². The fraction of sp³-hybridized carbons (Fsp3) is 0.444. The second kappa shape index (κ2) is 9.20. The van der Waals surface area contributed by atoms with E-state index in [-0.39, 0.29) is 13.3 Å². The second-order valence-electron chi connectivity index (χ2n) is 6.06. The Hall–Kier alpha value is -2.18. The van der Waals surface area contributed by atoms with Crippen LogP contribution < -0.4 is 11.2 Å². The number of nitrogens with one attached hydrogen (secondary N) is 1. The maximum Gasteiger partial charge on any atom is 0.330 e. The summed E-state index contributed by atoms with van der Waals surface area (Å²) >= 11 is 0. The number of hydrogen-bond donors (Lipinski definition) is 1. The van der Waals surface area contributed by atoms with Crippen molar-refractivity contribution in [1.29, 1.82) is 0 Å². The summed E-state index contributed by atoms with van der Waals surface area (Å²) in [5, 5.41) is 0. The lowest BCUT2D eigenvalue weighted by molar-refractivity contribution is 0.0530. The molecule has 0 aliphatic heterocycles. The smallest absolute Gasteiger partial charge is 0.330 e. The Morgan fingerprint density at radius 2 is 1.83 bits per heavy atom. The van der Waals surface area contributed by atoms with E-state index in [4.69, 9.17) is 9.47 Å². The zero-order valence-corrected chi connectivity index (χ0v) is 14.2. The van der Waals surface area contributed by atoms with Gasteiger partial charge < -0.3 is 9.47 Å². The monoisotopic (exact) mass is 332 g/mol. The predicted molar refractivity (Wildman–Crippen MR) is 91.7 cm³/mol. The van der Waals surface area contributed by atoms with E-state index in [0.717, 1.165) is 12.0 Å². The molecule has 2 rings (SSSR count). The van der Waals surface area contributed by atoms with Crippen molar-refractivity contribution in [2.75, 3.05) is 6.61 Å². The summed E-state index contributed by atoms with van der Waals surface area (Å²) in [4.78, 5) is 25.8. The molecular weight excluding hydrogens is 308 g/mol. The van der Waals surface area contributed by atoms with Crippen molar-refractivity contribution in [3.05, 3.63) is 68.5 Å². The van der Waals surface area contributed by atoms with Crippen LogP contribution in [0.5, 0.6) is 0 Å². The Bertz CT molecular complexity index is 735. The van der Waals surface area contributed by atoms with Crippen molar-refractivity contribution >= 4 is 0 Å². The molecule has 0 aliphatic rings. The number of benzene rings is 1. The van der Waals surface area contributed by atoms with Crippen molar-refractivity contribution in [3.8, 4) is 0 Å². The third-order valence-electron chi connectivity index (χ3n) is 3.54. The fourth-order valence-electron chi connectivity index (χ4n) is 2.15. The molecule has 0 bridgehead atoms. The molecule has 0 radical (unpaired) electrons. The third-order valence-corrected chi connectivity index (χ3v) is 3.54. The molecule has 0 unspecified atom stereocenters. The Morgan fingerprint density at radius 3 is 2.54 bits per heavy atom. The normalized spacial score (nSPS) is 11.1. The summed E-state index contributed by atoms with van der Waals surface area (Å²) in [7, 11) is 0. The van der Waals surface area contributed by atoms with Crippen molar-refractivity contribution < 1.29 is 9.47 Å². The van der Waals surface area contributed by atoms with E-state index in [0.29, 0.717) is 24.8 Å². The molecule has 0 amide bonds. The molecule has 0 fully saturated rings. The van der Waals surface area contributed by atoms with Crippen LogP contribution in [-0.2, 0) is 29.4 Å². The van der Waals surface area contributed by atoms with Crippen LogP contribution in [-0.4, -0.2) is 16.2 Å². The van der Waals surface area contributed by atoms with Crippen molar-refractivity contribution in [3.63, 3.8) is 0 Å². The average molecular weight is 332 g/mol. The third kappa shape index (κ3) is 5.79. The summed E-state index contributed by atoms with van der Waals surface area (Å²) < 4.78 is 12.6. The van der Waals surface area contributed by atoms with E-state index in [1.165, 1.54) is 10.6 Å². The summed E-state index contributed by atoms with van der Waals surface area (Å²) in [6.07, 6.45) is 0.915. The minimum absolute atomic E-state index is 0.104. The minimum atomic E-state index is -0.481. The van der Waals surface area contributed by atoms with Gasteiger partial charge in [0.25, 0.3) is 5.56 Å². The van der Waals surface area contributed by atoms with Crippen LogP contribution in [0, 0.1) is 5.92 Å². The molecule has 2 aromatic rings. The van der Waals surface area contributed by atoms with E-state index in [1.807, 2.05) is 30.3 Å². The standard InChI is InChI=1S/C18H24N2O4/c1-14(2)8-9-23-13-20-16(10-17(21)19-18(20)22)12-24-11-15-6-4-3-5-7-15/h3-7,10,14H,8-9,11-13H2,1-2H3,(H,19,21,22). The molecule has 1 N–H and O–H groups in total. The molecule has 0 atom stereocenters. The maximum absolute atomic E-state index is 12.0. The lowest BCUT2D eigenvalue weighted by Gasteiger charge is -2.13. The van der Waals surface area contributed by atoms with Gasteiger partial charge in [0.1, 0.15) is 6.73 Å². The zero-order valence-electron chi connectivity index (χ0n) is 14.2. The van der Waals surface area contributed by atoms with Gasteiger partial charge >= 0.3 is 5.69 Å². The summed E-state index contributed by atoms with van der Waals surface area (Å²) in [5.41, 5.74) is 0.621. The molecule has 1 aromatic carbocycles. The van der Waals surface area contributed by atoms with Crippen molar-refractivity contribution in [2.45, 2.75) is 40.2 Å². The average Bonchev–Trinajstić information content (AvgIpc) is 2.54. The molecule has 24 heavy (non-hydrogen) atoms. The molecule has 1 aromatic heterocycles. The van der Waals surface area contributed by atoms with Gasteiger partial charge in [-0.05, 0) is 17.9 Å². The first-order chi connectivity index (χ1) is 11.6. The number of hydrogen-bond acceptors (Lipinski definition) is 4. The maximum atomic E-state index is 12.0. The van der Waals surface area contributed by atoms with Crippen LogP contribution >= 0.6 is 0 Å². The van der Waals surface area contributed by atoms with Crippen molar-refractivity contribution in [1.82, 2.24) is 9.55 Å². The topological polar surface area (TPSA) is 73.3 Å². The van der Waals surface area contributed by atoms with Gasteiger partial charge in [0, 0.05) is 12.7 Å². The number of H-pyrrole nitrogens is 1. The molecule has 0 saturated carbocycles. The van der Waals surface area contributed by atoms with Crippen LogP contribution in [0.25, 0.3) is 0 Å². The van der Waals surface area contributed by atoms with Crippen LogP contribution in [0.15, 0.2) is 46.0 Å². The Balaban J connectivity index is 1.99. The van der Waals surface area contributed by atoms with E-state index in [1.54, 1.807) is 0 Å². The number of nitrogens with zero attached hydrogens (tertiary/aromatic N) is 1. The number of aromatic nitrogens is 2. The van der Waals surface area contributed by atoms with Gasteiger partial charge in [-0.3, -0.25) is 14.3 Å². The number of ether oxygens (including phenoxy) is 2. The van der Waals surface area contributed by atoms with E-state index < -0.39 is 11.2 Å². The lowest BCUT2D eigenvalue weighted by Crippen LogP contribution is -2.33. The van der Waals surface area contributed by atoms with E-state index in [9.17, 15) is 9.59 Å². The summed E-state index contributed by atoms with van der Waals surface area (Å²) in [5.74, 6) is 0.533. The molecular formula is C18H24N2O4. The first kappa shape index (κ1) is 18.2. The van der Waals surface area contributed by atoms with Gasteiger partial charge in [0.05, 0.1) is 18.9 Å². The van der Waals surface area contributed by atoms with E-state index in [2.05, 4.69) is 18.8 Å². The Kier molecular flexibility index (Phi) is 6.96. The van der Waals surface area contributed by atoms with Gasteiger partial charge in [-0.2, -0.15) is 0 Å². The largest absolute Gasteiger partial charge is 0.371 e.